The van der Waals surface area contributed by atoms with Crippen LogP contribution in [-0.4, -0.2) is 40.1 Å². The van der Waals surface area contributed by atoms with Crippen LogP contribution in [0, 0.1) is 0 Å². The van der Waals surface area contributed by atoms with Gasteiger partial charge in [-0.05, 0) is 29.8 Å². The Morgan fingerprint density at radius 2 is 1.69 bits per heavy atom. The maximum Gasteiger partial charge on any atom is 0.261 e. The van der Waals surface area contributed by atoms with Crippen LogP contribution in [0.4, 0.5) is 0 Å². The van der Waals surface area contributed by atoms with E-state index in [1.807, 2.05) is 0 Å². The number of nitrogens with one attached hydrogen (secondary N) is 1. The topological polar surface area (TPSA) is 78.8 Å². The third-order valence-electron chi connectivity index (χ3n) is 4.24. The summed E-state index contributed by atoms with van der Waals surface area (Å²) >= 11 is 1.52. The highest BCUT2D eigenvalue weighted by molar-refractivity contribution is 8.14. The maximum atomic E-state index is 12.4. The van der Waals surface area contributed by atoms with Gasteiger partial charge < -0.3 is 5.32 Å². The molecule has 7 heteroatoms. The Kier molecular flexibility index (Phi) is 4.30. The number of benzene rings is 2. The minimum Gasteiger partial charge on any atom is -0.301 e. The zero-order valence-electron chi connectivity index (χ0n) is 13.8. The van der Waals surface area contributed by atoms with E-state index >= 15 is 0 Å². The highest BCUT2D eigenvalue weighted by atomic mass is 32.2. The number of carbonyl (C=O) groups is 3. The third-order valence-corrected chi connectivity index (χ3v) is 5.13. The zero-order valence-corrected chi connectivity index (χ0v) is 14.6. The van der Waals surface area contributed by atoms with E-state index in [0.717, 1.165) is 17.9 Å². The number of fused-ring (bicyclic) bond motifs is 1. The van der Waals surface area contributed by atoms with Crippen molar-refractivity contribution in [3.05, 3.63) is 70.8 Å². The van der Waals surface area contributed by atoms with Crippen molar-refractivity contribution >= 4 is 34.7 Å². The first-order valence-electron chi connectivity index (χ1n) is 8.16. The fourth-order valence-electron chi connectivity index (χ4n) is 2.91. The lowest BCUT2D eigenvalue weighted by molar-refractivity contribution is 0.0642. The minimum atomic E-state index is -0.288. The molecule has 0 saturated heterocycles. The Hall–Kier alpha value is -2.93. The van der Waals surface area contributed by atoms with E-state index < -0.39 is 0 Å². The molecule has 0 bridgehead atoms. The summed E-state index contributed by atoms with van der Waals surface area (Å²) in [5, 5.41) is 3.41. The van der Waals surface area contributed by atoms with E-state index in [2.05, 4.69) is 10.3 Å². The molecule has 1 N–H and O–H groups in total. The Labute approximate surface area is 154 Å². The van der Waals surface area contributed by atoms with Crippen LogP contribution in [0.2, 0.25) is 0 Å². The minimum absolute atomic E-state index is 0.177. The highest BCUT2D eigenvalue weighted by Crippen LogP contribution is 2.24. The van der Waals surface area contributed by atoms with Crippen LogP contribution in [0.15, 0.2) is 53.5 Å². The van der Waals surface area contributed by atoms with Gasteiger partial charge in [0.2, 0.25) is 0 Å². The van der Waals surface area contributed by atoms with Gasteiger partial charge in [-0.1, -0.05) is 36.0 Å². The fraction of sp³-hybridized carbons (Fsp3) is 0.158. The summed E-state index contributed by atoms with van der Waals surface area (Å²) in [4.78, 5) is 42.4. The molecule has 0 aliphatic carbocycles. The summed E-state index contributed by atoms with van der Waals surface area (Å²) in [5.74, 6) is 0.0901. The van der Waals surface area contributed by atoms with Gasteiger partial charge >= 0.3 is 0 Å². The van der Waals surface area contributed by atoms with Gasteiger partial charge in [0, 0.05) is 11.3 Å². The lowest BCUT2D eigenvalue weighted by atomic mass is 10.1. The molecule has 0 saturated carbocycles. The van der Waals surface area contributed by atoms with Crippen molar-refractivity contribution < 1.29 is 14.4 Å². The third kappa shape index (κ3) is 3.01. The van der Waals surface area contributed by atoms with Crippen molar-refractivity contribution in [2.75, 3.05) is 12.3 Å². The molecule has 0 fully saturated rings. The predicted octanol–water partition coefficient (Wildman–Crippen LogP) is 2.32. The molecular weight excluding hydrogens is 350 g/mol. The monoisotopic (exact) mass is 365 g/mol. The van der Waals surface area contributed by atoms with E-state index in [-0.39, 0.29) is 24.3 Å². The van der Waals surface area contributed by atoms with Crippen molar-refractivity contribution in [3.8, 4) is 0 Å². The summed E-state index contributed by atoms with van der Waals surface area (Å²) in [7, 11) is 0. The normalized spacial score (nSPS) is 15.8. The molecule has 0 atom stereocenters. The number of carbonyl (C=O) groups excluding carboxylic acids is 3. The quantitative estimate of drug-likeness (QED) is 0.847. The second-order valence-electron chi connectivity index (χ2n) is 5.93. The van der Waals surface area contributed by atoms with Gasteiger partial charge in [-0.3, -0.25) is 24.3 Å². The van der Waals surface area contributed by atoms with Crippen LogP contribution in [0.1, 0.15) is 36.6 Å². The molecule has 6 nitrogen and oxygen atoms in total. The Balaban J connectivity index is 1.46. The molecule has 0 spiro atoms. The van der Waals surface area contributed by atoms with Crippen LogP contribution >= 0.6 is 11.8 Å². The van der Waals surface area contributed by atoms with E-state index in [4.69, 9.17) is 0 Å². The molecular formula is C19H15N3O3S. The van der Waals surface area contributed by atoms with Crippen molar-refractivity contribution in [1.29, 1.82) is 0 Å². The Morgan fingerprint density at radius 1 is 1.04 bits per heavy atom. The number of rotatable bonds is 3. The Bertz CT molecular complexity index is 902. The predicted molar refractivity (Wildman–Crippen MR) is 99.3 cm³/mol. The molecule has 2 aromatic carbocycles. The zero-order chi connectivity index (χ0) is 18.1. The molecule has 2 heterocycles. The molecule has 3 amide bonds. The van der Waals surface area contributed by atoms with Gasteiger partial charge in [-0.15, -0.1) is 0 Å². The molecule has 0 aromatic heterocycles. The summed E-state index contributed by atoms with van der Waals surface area (Å²) < 4.78 is 0. The number of amidine groups is 1. The summed E-state index contributed by atoms with van der Waals surface area (Å²) in [5.41, 5.74) is 2.15. The van der Waals surface area contributed by atoms with Gasteiger partial charge in [-0.25, -0.2) is 0 Å². The molecule has 2 aromatic rings. The lowest BCUT2D eigenvalue weighted by Gasteiger charge is -2.14. The van der Waals surface area contributed by atoms with E-state index in [1.165, 1.54) is 16.7 Å². The van der Waals surface area contributed by atoms with Gasteiger partial charge in [0.15, 0.2) is 5.17 Å². The second kappa shape index (κ2) is 6.76. The van der Waals surface area contributed by atoms with Crippen LogP contribution in [0.3, 0.4) is 0 Å². The largest absolute Gasteiger partial charge is 0.301 e. The number of imide groups is 1. The molecule has 26 heavy (non-hydrogen) atoms. The van der Waals surface area contributed by atoms with E-state index in [0.29, 0.717) is 21.9 Å². The maximum absolute atomic E-state index is 12.4. The smallest absolute Gasteiger partial charge is 0.261 e. The molecule has 0 unspecified atom stereocenters. The van der Waals surface area contributed by atoms with Crippen molar-refractivity contribution in [3.63, 3.8) is 0 Å². The van der Waals surface area contributed by atoms with Gasteiger partial charge in [0.1, 0.15) is 0 Å². The summed E-state index contributed by atoms with van der Waals surface area (Å²) in [6.45, 7) is 0.899. The average molecular weight is 365 g/mol. The van der Waals surface area contributed by atoms with Crippen LogP contribution < -0.4 is 5.32 Å². The SMILES string of the molecule is O=C(NC1=NCCS1)c1ccc(CN2C(=O)c3ccccc3C2=O)cc1. The van der Waals surface area contributed by atoms with Gasteiger partial charge in [-0.2, -0.15) is 0 Å². The second-order valence-corrected chi connectivity index (χ2v) is 7.01. The van der Waals surface area contributed by atoms with E-state index in [1.54, 1.807) is 48.5 Å². The summed E-state index contributed by atoms with van der Waals surface area (Å²) in [6, 6.07) is 13.7. The van der Waals surface area contributed by atoms with Gasteiger partial charge in [0.05, 0.1) is 24.2 Å². The number of thioether (sulfide) groups is 1. The molecule has 2 aliphatic heterocycles. The van der Waals surface area contributed by atoms with Crippen molar-refractivity contribution in [2.45, 2.75) is 6.54 Å². The fourth-order valence-corrected chi connectivity index (χ4v) is 3.63. The van der Waals surface area contributed by atoms with Crippen LogP contribution in [0.5, 0.6) is 0 Å². The molecule has 4 rings (SSSR count). The van der Waals surface area contributed by atoms with Crippen LogP contribution in [0.25, 0.3) is 0 Å². The Morgan fingerprint density at radius 3 is 2.27 bits per heavy atom. The van der Waals surface area contributed by atoms with E-state index in [9.17, 15) is 14.4 Å². The molecule has 130 valence electrons. The average Bonchev–Trinajstić information content (AvgIpc) is 3.25. The lowest BCUT2D eigenvalue weighted by Crippen LogP contribution is -2.29. The van der Waals surface area contributed by atoms with Crippen molar-refractivity contribution in [1.82, 2.24) is 10.2 Å². The summed E-state index contributed by atoms with van der Waals surface area (Å²) in [6.07, 6.45) is 0. The molecule has 0 radical (unpaired) electrons. The van der Waals surface area contributed by atoms with Crippen molar-refractivity contribution in [2.24, 2.45) is 4.99 Å². The number of hydrogen-bond acceptors (Lipinski definition) is 5. The number of amides is 3. The standard InChI is InChI=1S/C19H15N3O3S/c23-16(21-19-20-9-10-26-19)13-7-5-12(6-8-13)11-22-17(24)14-3-1-2-4-15(14)18(22)25/h1-8H,9-11H2,(H,20,21,23). The number of hydrogen-bond donors (Lipinski definition) is 1. The number of nitrogens with zero attached hydrogens (tertiary/aromatic N) is 2. The first-order valence-corrected chi connectivity index (χ1v) is 9.15. The van der Waals surface area contributed by atoms with Crippen LogP contribution in [-0.2, 0) is 6.54 Å². The molecule has 2 aliphatic rings. The highest BCUT2D eigenvalue weighted by Gasteiger charge is 2.34. The van der Waals surface area contributed by atoms with Gasteiger partial charge in [0.25, 0.3) is 17.7 Å². The first-order chi connectivity index (χ1) is 12.6. The first kappa shape index (κ1) is 16.5. The number of aliphatic imine (C=N–C) groups is 1.